The average Bonchev–Trinajstić information content (AvgIpc) is 3.08. The number of guanidine groups is 1. The number of methoxy groups -OCH3 is 1. The Balaban J connectivity index is 1.62. The highest BCUT2D eigenvalue weighted by molar-refractivity contribution is 7.92. The standard InChI is InChI=1S/C19H24N4O3S/c1-26-14-16-7-2-4-8-17(16)22-19(20)21-11-13-27(24,25)23-12-10-15-6-3-5-9-18(15)23/h2-9H,10-14H2,1H3,(H3,20,21,22). The van der Waals surface area contributed by atoms with Gasteiger partial charge in [0.15, 0.2) is 5.96 Å². The van der Waals surface area contributed by atoms with Gasteiger partial charge in [-0.2, -0.15) is 0 Å². The molecule has 7 nitrogen and oxygen atoms in total. The molecule has 0 unspecified atom stereocenters. The van der Waals surface area contributed by atoms with E-state index >= 15 is 0 Å². The van der Waals surface area contributed by atoms with Crippen molar-refractivity contribution in [3.8, 4) is 0 Å². The van der Waals surface area contributed by atoms with Crippen LogP contribution in [0.4, 0.5) is 11.4 Å². The first-order valence-electron chi connectivity index (χ1n) is 8.73. The van der Waals surface area contributed by atoms with Gasteiger partial charge in [0.1, 0.15) is 0 Å². The van der Waals surface area contributed by atoms with E-state index in [-0.39, 0.29) is 18.3 Å². The molecule has 2 aromatic carbocycles. The predicted octanol–water partition coefficient (Wildman–Crippen LogP) is 1.95. The second kappa shape index (κ2) is 8.41. The summed E-state index contributed by atoms with van der Waals surface area (Å²) in [6.07, 6.45) is 0.735. The van der Waals surface area contributed by atoms with Crippen LogP contribution < -0.4 is 15.4 Å². The molecule has 1 heterocycles. The van der Waals surface area contributed by atoms with Crippen molar-refractivity contribution < 1.29 is 13.2 Å². The van der Waals surface area contributed by atoms with E-state index in [4.69, 9.17) is 10.5 Å². The summed E-state index contributed by atoms with van der Waals surface area (Å²) in [4.78, 5) is 4.17. The third-order valence-electron chi connectivity index (χ3n) is 4.39. The summed E-state index contributed by atoms with van der Waals surface area (Å²) < 4.78 is 31.9. The number of ether oxygens (including phenoxy) is 1. The number of nitrogens with zero attached hydrogens (tertiary/aromatic N) is 2. The van der Waals surface area contributed by atoms with Gasteiger partial charge in [-0.15, -0.1) is 0 Å². The molecule has 0 fully saturated rings. The summed E-state index contributed by atoms with van der Waals surface area (Å²) in [5.74, 6) is 0.0826. The maximum atomic E-state index is 12.7. The highest BCUT2D eigenvalue weighted by Gasteiger charge is 2.28. The van der Waals surface area contributed by atoms with Crippen LogP contribution in [-0.4, -0.2) is 40.3 Å². The van der Waals surface area contributed by atoms with Crippen LogP contribution in [0.25, 0.3) is 0 Å². The first kappa shape index (κ1) is 19.2. The molecule has 0 saturated heterocycles. The fraction of sp³-hybridized carbons (Fsp3) is 0.316. The number of aliphatic imine (C=N–C) groups is 1. The molecule has 0 aromatic heterocycles. The van der Waals surface area contributed by atoms with E-state index in [0.717, 1.165) is 28.9 Å². The molecule has 0 saturated carbocycles. The predicted molar refractivity (Wildman–Crippen MR) is 109 cm³/mol. The minimum Gasteiger partial charge on any atom is -0.380 e. The van der Waals surface area contributed by atoms with Crippen molar-refractivity contribution in [1.29, 1.82) is 0 Å². The zero-order chi connectivity index (χ0) is 19.3. The molecular formula is C19H24N4O3S. The van der Waals surface area contributed by atoms with E-state index in [9.17, 15) is 8.42 Å². The lowest BCUT2D eigenvalue weighted by atomic mass is 10.2. The zero-order valence-corrected chi connectivity index (χ0v) is 16.1. The molecule has 0 radical (unpaired) electrons. The Labute approximate surface area is 159 Å². The van der Waals surface area contributed by atoms with Gasteiger partial charge in [-0.3, -0.25) is 9.30 Å². The Morgan fingerprint density at radius 3 is 2.78 bits per heavy atom. The van der Waals surface area contributed by atoms with Crippen LogP contribution in [0.2, 0.25) is 0 Å². The van der Waals surface area contributed by atoms with Crippen LogP contribution >= 0.6 is 0 Å². The van der Waals surface area contributed by atoms with Gasteiger partial charge in [-0.05, 0) is 24.1 Å². The quantitative estimate of drug-likeness (QED) is 0.558. The summed E-state index contributed by atoms with van der Waals surface area (Å²) in [5, 5.41) is 3.01. The minimum atomic E-state index is -3.44. The molecule has 27 heavy (non-hydrogen) atoms. The molecule has 0 atom stereocenters. The highest BCUT2D eigenvalue weighted by Crippen LogP contribution is 2.29. The first-order chi connectivity index (χ1) is 13.0. The number of sulfonamides is 1. The summed E-state index contributed by atoms with van der Waals surface area (Å²) >= 11 is 0. The second-order valence-corrected chi connectivity index (χ2v) is 8.26. The smallest absolute Gasteiger partial charge is 0.237 e. The Hall–Kier alpha value is -2.58. The topological polar surface area (TPSA) is 97.0 Å². The van der Waals surface area contributed by atoms with E-state index in [2.05, 4.69) is 10.3 Å². The number of benzene rings is 2. The first-order valence-corrected chi connectivity index (χ1v) is 10.3. The fourth-order valence-electron chi connectivity index (χ4n) is 3.09. The molecule has 3 N–H and O–H groups in total. The van der Waals surface area contributed by atoms with Gasteiger partial charge >= 0.3 is 0 Å². The molecule has 144 valence electrons. The van der Waals surface area contributed by atoms with E-state index < -0.39 is 10.0 Å². The number of rotatable bonds is 7. The van der Waals surface area contributed by atoms with Gasteiger partial charge < -0.3 is 15.8 Å². The van der Waals surface area contributed by atoms with Crippen LogP contribution in [0, 0.1) is 0 Å². The normalized spacial score (nSPS) is 14.3. The molecule has 0 aliphatic carbocycles. The molecule has 1 aliphatic heterocycles. The molecule has 0 amide bonds. The van der Waals surface area contributed by atoms with Crippen molar-refractivity contribution in [1.82, 2.24) is 0 Å². The minimum absolute atomic E-state index is 0.0896. The van der Waals surface area contributed by atoms with Gasteiger partial charge in [0, 0.05) is 24.9 Å². The lowest BCUT2D eigenvalue weighted by molar-refractivity contribution is 0.185. The number of hydrogen-bond donors (Lipinski definition) is 2. The highest BCUT2D eigenvalue weighted by atomic mass is 32.2. The van der Waals surface area contributed by atoms with Crippen molar-refractivity contribution in [3.63, 3.8) is 0 Å². The lowest BCUT2D eigenvalue weighted by Crippen LogP contribution is -2.33. The largest absolute Gasteiger partial charge is 0.380 e. The molecule has 8 heteroatoms. The lowest BCUT2D eigenvalue weighted by Gasteiger charge is -2.19. The molecule has 1 aliphatic rings. The molecule has 3 rings (SSSR count). The van der Waals surface area contributed by atoms with Crippen LogP contribution in [0.5, 0.6) is 0 Å². The van der Waals surface area contributed by atoms with Crippen molar-refractivity contribution in [3.05, 3.63) is 59.7 Å². The number of para-hydroxylation sites is 2. The Kier molecular flexibility index (Phi) is 5.98. The fourth-order valence-corrected chi connectivity index (χ4v) is 4.48. The van der Waals surface area contributed by atoms with Crippen molar-refractivity contribution >= 4 is 27.4 Å². The molecule has 2 aromatic rings. The number of hydrogen-bond acceptors (Lipinski definition) is 4. The molecule has 0 bridgehead atoms. The van der Waals surface area contributed by atoms with Crippen LogP contribution in [0.3, 0.4) is 0 Å². The Morgan fingerprint density at radius 1 is 1.22 bits per heavy atom. The number of nitrogens with two attached hydrogens (primary N) is 1. The van der Waals surface area contributed by atoms with Crippen molar-refractivity contribution in [2.45, 2.75) is 13.0 Å². The van der Waals surface area contributed by atoms with Gasteiger partial charge in [0.05, 0.1) is 24.6 Å². The summed E-state index contributed by atoms with van der Waals surface area (Å²) in [5.41, 5.74) is 9.47. The average molecular weight is 388 g/mol. The SMILES string of the molecule is COCc1ccccc1NC(N)=NCCS(=O)(=O)N1CCc2ccccc21. The van der Waals surface area contributed by atoms with Gasteiger partial charge in [-0.25, -0.2) is 8.42 Å². The van der Waals surface area contributed by atoms with E-state index in [1.54, 1.807) is 7.11 Å². The van der Waals surface area contributed by atoms with E-state index in [0.29, 0.717) is 13.2 Å². The van der Waals surface area contributed by atoms with Gasteiger partial charge in [0.25, 0.3) is 0 Å². The third-order valence-corrected chi connectivity index (χ3v) is 6.14. The Bertz CT molecular complexity index is 928. The maximum Gasteiger partial charge on any atom is 0.237 e. The summed E-state index contributed by atoms with van der Waals surface area (Å²) in [6.45, 7) is 1.01. The van der Waals surface area contributed by atoms with Crippen LogP contribution in [-0.2, 0) is 27.8 Å². The molecular weight excluding hydrogens is 364 g/mol. The van der Waals surface area contributed by atoms with Crippen molar-refractivity contribution in [2.24, 2.45) is 10.7 Å². The molecule has 0 spiro atoms. The number of anilines is 2. The second-order valence-electron chi connectivity index (χ2n) is 6.25. The van der Waals surface area contributed by atoms with E-state index in [1.807, 2.05) is 48.5 Å². The maximum absolute atomic E-state index is 12.7. The zero-order valence-electron chi connectivity index (χ0n) is 15.3. The van der Waals surface area contributed by atoms with Gasteiger partial charge in [0.2, 0.25) is 10.0 Å². The Morgan fingerprint density at radius 2 is 1.96 bits per heavy atom. The third kappa shape index (κ3) is 4.58. The summed E-state index contributed by atoms with van der Waals surface area (Å²) in [7, 11) is -1.82. The van der Waals surface area contributed by atoms with Gasteiger partial charge in [-0.1, -0.05) is 36.4 Å². The monoisotopic (exact) mass is 388 g/mol. The van der Waals surface area contributed by atoms with E-state index in [1.165, 1.54) is 4.31 Å². The number of nitrogens with one attached hydrogen (secondary N) is 1. The van der Waals surface area contributed by atoms with Crippen molar-refractivity contribution in [2.75, 3.05) is 35.6 Å². The van der Waals surface area contributed by atoms with Crippen LogP contribution in [0.1, 0.15) is 11.1 Å². The number of fused-ring (bicyclic) bond motifs is 1. The van der Waals surface area contributed by atoms with Crippen LogP contribution in [0.15, 0.2) is 53.5 Å². The summed E-state index contributed by atoms with van der Waals surface area (Å²) in [6, 6.07) is 15.2.